The summed E-state index contributed by atoms with van der Waals surface area (Å²) in [7, 11) is 0. The van der Waals surface area contributed by atoms with Crippen molar-refractivity contribution in [2.75, 3.05) is 44.2 Å². The molecule has 0 bridgehead atoms. The normalized spacial score (nSPS) is 17.5. The van der Waals surface area contributed by atoms with E-state index >= 15 is 0 Å². The largest absolute Gasteiger partial charge is 0.492 e. The Balaban J connectivity index is 1.27. The zero-order valence-corrected chi connectivity index (χ0v) is 24.9. The maximum atomic E-state index is 14.2. The molecule has 226 valence electrons. The van der Waals surface area contributed by atoms with Gasteiger partial charge in [0.05, 0.1) is 12.2 Å². The molecule has 0 unspecified atom stereocenters. The molecule has 2 aromatic heterocycles. The predicted molar refractivity (Wildman–Crippen MR) is 168 cm³/mol. The standard InChI is InChI=1S/C35H38N6O3/c42-32(29-12-19-36-20-13-29)39-22-15-35(16-23-39)14-6-21-40(34-37-17-7-18-38-34)24-25-41(26-28-8-2-1-3-9-28)33(43)30-10-4-5-11-31(30)44-27-35/h1-5,7-13,17-20H,6,14-16,21-27H2. The van der Waals surface area contributed by atoms with Crippen molar-refractivity contribution >= 4 is 17.8 Å². The van der Waals surface area contributed by atoms with Gasteiger partial charge in [0, 0.05) is 75.0 Å². The number of likely N-dealkylation sites (tertiary alicyclic amines) is 1. The Morgan fingerprint density at radius 1 is 0.773 bits per heavy atom. The number of carbonyl (C=O) groups is 2. The number of amides is 2. The lowest BCUT2D eigenvalue weighted by Crippen LogP contribution is -2.46. The van der Waals surface area contributed by atoms with Crippen molar-refractivity contribution in [3.63, 3.8) is 0 Å². The number of fused-ring (bicyclic) bond motifs is 1. The second-order valence-electron chi connectivity index (χ2n) is 11.7. The second kappa shape index (κ2) is 13.7. The third-order valence-corrected chi connectivity index (χ3v) is 8.80. The fourth-order valence-electron chi connectivity index (χ4n) is 6.21. The Morgan fingerprint density at radius 2 is 1.50 bits per heavy atom. The number of benzene rings is 2. The number of rotatable bonds is 4. The quantitative estimate of drug-likeness (QED) is 0.326. The van der Waals surface area contributed by atoms with E-state index in [0.29, 0.717) is 62.2 Å². The van der Waals surface area contributed by atoms with Gasteiger partial charge in [0.25, 0.3) is 11.8 Å². The lowest BCUT2D eigenvalue weighted by molar-refractivity contribution is 0.0363. The molecule has 0 saturated carbocycles. The van der Waals surface area contributed by atoms with Gasteiger partial charge in [0.15, 0.2) is 0 Å². The summed E-state index contributed by atoms with van der Waals surface area (Å²) in [6.45, 7) is 4.15. The molecular weight excluding hydrogens is 552 g/mol. The summed E-state index contributed by atoms with van der Waals surface area (Å²) in [6, 6.07) is 23.0. The van der Waals surface area contributed by atoms with Crippen LogP contribution in [0, 0.1) is 5.41 Å². The number of anilines is 1. The molecule has 9 heteroatoms. The molecular formula is C35H38N6O3. The molecule has 1 fully saturated rings. The Morgan fingerprint density at radius 3 is 2.27 bits per heavy atom. The molecule has 1 spiro atoms. The molecule has 2 aliphatic rings. The van der Waals surface area contributed by atoms with Gasteiger partial charge in [-0.15, -0.1) is 0 Å². The first kappa shape index (κ1) is 29.3. The van der Waals surface area contributed by atoms with Crippen LogP contribution < -0.4 is 9.64 Å². The summed E-state index contributed by atoms with van der Waals surface area (Å²) < 4.78 is 6.56. The first-order valence-corrected chi connectivity index (χ1v) is 15.4. The van der Waals surface area contributed by atoms with E-state index in [9.17, 15) is 9.59 Å². The molecule has 2 aromatic carbocycles. The molecule has 4 aromatic rings. The van der Waals surface area contributed by atoms with Crippen LogP contribution in [0.25, 0.3) is 0 Å². The SMILES string of the molecule is O=C(c1ccncc1)N1CCC2(CCCN(c3ncccn3)CCN(Cc3ccccc3)C(=O)c3ccccc3OC2)CC1. The number of ether oxygens (including phenoxy) is 1. The van der Waals surface area contributed by atoms with E-state index in [2.05, 4.69) is 19.9 Å². The van der Waals surface area contributed by atoms with Gasteiger partial charge in [0.1, 0.15) is 5.75 Å². The van der Waals surface area contributed by atoms with Gasteiger partial charge in [-0.3, -0.25) is 14.6 Å². The van der Waals surface area contributed by atoms with Crippen molar-refractivity contribution in [1.29, 1.82) is 0 Å². The lowest BCUT2D eigenvalue weighted by atomic mass is 9.75. The Kier molecular flexibility index (Phi) is 9.10. The number of nitrogens with zero attached hydrogens (tertiary/aromatic N) is 6. The molecule has 1 saturated heterocycles. The first-order valence-electron chi connectivity index (χ1n) is 15.4. The van der Waals surface area contributed by atoms with Crippen LogP contribution in [0.5, 0.6) is 5.75 Å². The van der Waals surface area contributed by atoms with E-state index in [1.54, 1.807) is 36.9 Å². The van der Waals surface area contributed by atoms with Crippen molar-refractivity contribution in [3.05, 3.63) is 114 Å². The van der Waals surface area contributed by atoms with E-state index in [1.165, 1.54) is 0 Å². The number of hydrogen-bond donors (Lipinski definition) is 0. The van der Waals surface area contributed by atoms with E-state index in [1.807, 2.05) is 70.5 Å². The average Bonchev–Trinajstić information content (AvgIpc) is 3.10. The van der Waals surface area contributed by atoms with Crippen molar-refractivity contribution < 1.29 is 14.3 Å². The molecule has 6 rings (SSSR count). The third kappa shape index (κ3) is 6.88. The van der Waals surface area contributed by atoms with E-state index < -0.39 is 0 Å². The predicted octanol–water partition coefficient (Wildman–Crippen LogP) is 5.12. The summed E-state index contributed by atoms with van der Waals surface area (Å²) in [5.74, 6) is 1.24. The van der Waals surface area contributed by atoms with E-state index in [4.69, 9.17) is 4.74 Å². The van der Waals surface area contributed by atoms with Gasteiger partial charge in [-0.2, -0.15) is 0 Å². The first-order chi connectivity index (χ1) is 21.6. The molecule has 0 radical (unpaired) electrons. The minimum absolute atomic E-state index is 0.0367. The smallest absolute Gasteiger partial charge is 0.257 e. The van der Waals surface area contributed by atoms with Gasteiger partial charge in [0.2, 0.25) is 5.95 Å². The zero-order valence-electron chi connectivity index (χ0n) is 24.9. The van der Waals surface area contributed by atoms with Gasteiger partial charge in [-0.05, 0) is 61.6 Å². The van der Waals surface area contributed by atoms with Crippen LogP contribution in [0.2, 0.25) is 0 Å². The van der Waals surface area contributed by atoms with Crippen molar-refractivity contribution in [3.8, 4) is 5.75 Å². The minimum Gasteiger partial charge on any atom is -0.492 e. The number of para-hydroxylation sites is 1. The van der Waals surface area contributed by atoms with Crippen LogP contribution in [0.3, 0.4) is 0 Å². The zero-order chi connectivity index (χ0) is 30.2. The summed E-state index contributed by atoms with van der Waals surface area (Å²) in [4.78, 5) is 46.5. The summed E-state index contributed by atoms with van der Waals surface area (Å²) in [6.07, 6.45) is 10.3. The Labute approximate surface area is 258 Å². The molecule has 0 aliphatic carbocycles. The monoisotopic (exact) mass is 590 g/mol. The van der Waals surface area contributed by atoms with Gasteiger partial charge in [-0.25, -0.2) is 9.97 Å². The second-order valence-corrected chi connectivity index (χ2v) is 11.7. The van der Waals surface area contributed by atoms with Crippen LogP contribution in [0.1, 0.15) is 52.0 Å². The van der Waals surface area contributed by atoms with Gasteiger partial charge < -0.3 is 19.4 Å². The van der Waals surface area contributed by atoms with E-state index in [0.717, 1.165) is 37.8 Å². The van der Waals surface area contributed by atoms with Crippen LogP contribution in [0.4, 0.5) is 5.95 Å². The Bertz CT molecular complexity index is 1530. The topological polar surface area (TPSA) is 91.8 Å². The fraction of sp³-hybridized carbons (Fsp3) is 0.343. The van der Waals surface area contributed by atoms with Crippen molar-refractivity contribution in [2.24, 2.45) is 5.41 Å². The average molecular weight is 591 g/mol. The highest BCUT2D eigenvalue weighted by atomic mass is 16.5. The summed E-state index contributed by atoms with van der Waals surface area (Å²) in [5.41, 5.74) is 2.16. The van der Waals surface area contributed by atoms with Crippen LogP contribution >= 0.6 is 0 Å². The highest BCUT2D eigenvalue weighted by Gasteiger charge is 2.37. The van der Waals surface area contributed by atoms with Gasteiger partial charge in [-0.1, -0.05) is 42.5 Å². The van der Waals surface area contributed by atoms with Crippen molar-refractivity contribution in [1.82, 2.24) is 24.8 Å². The van der Waals surface area contributed by atoms with E-state index in [-0.39, 0.29) is 17.2 Å². The maximum absolute atomic E-state index is 14.2. The molecule has 44 heavy (non-hydrogen) atoms. The minimum atomic E-state index is -0.133. The highest BCUT2D eigenvalue weighted by Crippen LogP contribution is 2.38. The number of aromatic nitrogens is 3. The lowest BCUT2D eigenvalue weighted by Gasteiger charge is -2.42. The molecule has 2 aliphatic heterocycles. The number of carbonyl (C=O) groups excluding carboxylic acids is 2. The summed E-state index contributed by atoms with van der Waals surface area (Å²) >= 11 is 0. The van der Waals surface area contributed by atoms with Gasteiger partial charge >= 0.3 is 0 Å². The van der Waals surface area contributed by atoms with Crippen LogP contribution in [-0.4, -0.2) is 75.9 Å². The third-order valence-electron chi connectivity index (χ3n) is 8.80. The molecule has 0 atom stereocenters. The molecule has 4 heterocycles. The highest BCUT2D eigenvalue weighted by molar-refractivity contribution is 5.97. The van der Waals surface area contributed by atoms with Crippen LogP contribution in [-0.2, 0) is 6.54 Å². The number of pyridine rings is 1. The fourth-order valence-corrected chi connectivity index (χ4v) is 6.21. The molecule has 2 amide bonds. The van der Waals surface area contributed by atoms with Crippen molar-refractivity contribution in [2.45, 2.75) is 32.2 Å². The number of hydrogen-bond acceptors (Lipinski definition) is 7. The molecule has 0 N–H and O–H groups in total. The number of piperidine rings is 1. The molecule has 9 nitrogen and oxygen atoms in total. The Hall–Kier alpha value is -4.79. The van der Waals surface area contributed by atoms with Crippen LogP contribution in [0.15, 0.2) is 97.6 Å². The summed E-state index contributed by atoms with van der Waals surface area (Å²) in [5, 5.41) is 0. The maximum Gasteiger partial charge on any atom is 0.257 e.